The molecule has 0 saturated carbocycles. The summed E-state index contributed by atoms with van der Waals surface area (Å²) in [6, 6.07) is 5.61. The van der Waals surface area contributed by atoms with Crippen LogP contribution in [0.2, 0.25) is 0 Å². The van der Waals surface area contributed by atoms with E-state index in [1.807, 2.05) is 6.92 Å². The van der Waals surface area contributed by atoms with Gasteiger partial charge in [-0.3, -0.25) is 14.4 Å². The van der Waals surface area contributed by atoms with Gasteiger partial charge in [0.05, 0.1) is 0 Å². The fraction of sp³-hybridized carbons (Fsp3) is 0.385. The Morgan fingerprint density at radius 2 is 1.79 bits per heavy atom. The normalized spacial score (nSPS) is 16.6. The zero-order valence-electron chi connectivity index (χ0n) is 21.5. The predicted molar refractivity (Wildman–Crippen MR) is 136 cm³/mol. The van der Waals surface area contributed by atoms with Crippen LogP contribution in [0.4, 0.5) is 25.0 Å². The lowest BCUT2D eigenvalue weighted by Gasteiger charge is -2.32. The summed E-state index contributed by atoms with van der Waals surface area (Å²) in [5.74, 6) is -4.47. The number of hydrogen-bond acceptors (Lipinski definition) is 6. The first-order valence-corrected chi connectivity index (χ1v) is 12.1. The van der Waals surface area contributed by atoms with Crippen LogP contribution >= 0.6 is 0 Å². The number of nitrogen functional groups attached to an aromatic ring is 1. The van der Waals surface area contributed by atoms with Crippen molar-refractivity contribution in [3.8, 4) is 0 Å². The summed E-state index contributed by atoms with van der Waals surface area (Å²) in [6.45, 7) is 4.93. The second-order valence-electron chi connectivity index (χ2n) is 9.08. The van der Waals surface area contributed by atoms with Crippen LogP contribution in [0.1, 0.15) is 44.4 Å². The van der Waals surface area contributed by atoms with Crippen molar-refractivity contribution < 1.29 is 32.7 Å². The van der Waals surface area contributed by atoms with E-state index in [9.17, 15) is 28.0 Å². The van der Waals surface area contributed by atoms with Crippen molar-refractivity contribution in [3.05, 3.63) is 59.2 Å². The van der Waals surface area contributed by atoms with Gasteiger partial charge < -0.3 is 31.3 Å². The SMILES string of the molecule is CCC(C)C(NC(=O)C(C)OC(=O)NC)C(=O)N1Cc2ccc(N)cc2[C@H]1C(=O)Nc1c(F)cccc1F. The summed E-state index contributed by atoms with van der Waals surface area (Å²) >= 11 is 0. The van der Waals surface area contributed by atoms with E-state index >= 15 is 0 Å². The van der Waals surface area contributed by atoms with E-state index < -0.39 is 59.3 Å². The summed E-state index contributed by atoms with van der Waals surface area (Å²) in [5.41, 5.74) is 6.64. The van der Waals surface area contributed by atoms with Gasteiger partial charge in [0.15, 0.2) is 6.10 Å². The lowest BCUT2D eigenvalue weighted by Crippen LogP contribution is -2.54. The van der Waals surface area contributed by atoms with Crippen LogP contribution in [-0.4, -0.2) is 47.9 Å². The van der Waals surface area contributed by atoms with Crippen molar-refractivity contribution in [1.29, 1.82) is 0 Å². The zero-order chi connectivity index (χ0) is 28.1. The lowest BCUT2D eigenvalue weighted by molar-refractivity contribution is -0.144. The molecule has 0 aromatic heterocycles. The molecule has 3 unspecified atom stereocenters. The molecule has 12 heteroatoms. The van der Waals surface area contributed by atoms with Gasteiger partial charge in [0, 0.05) is 19.3 Å². The molecule has 4 amide bonds. The fourth-order valence-corrected chi connectivity index (χ4v) is 4.16. The molecule has 0 aliphatic carbocycles. The van der Waals surface area contributed by atoms with Crippen molar-refractivity contribution in [3.63, 3.8) is 0 Å². The molecule has 1 aliphatic heterocycles. The molecular formula is C26H31F2N5O5. The first-order valence-electron chi connectivity index (χ1n) is 12.1. The number of nitrogens with one attached hydrogen (secondary N) is 3. The van der Waals surface area contributed by atoms with Crippen LogP contribution in [0, 0.1) is 17.6 Å². The van der Waals surface area contributed by atoms with Gasteiger partial charge in [0.1, 0.15) is 29.4 Å². The van der Waals surface area contributed by atoms with Gasteiger partial charge >= 0.3 is 6.09 Å². The third-order valence-corrected chi connectivity index (χ3v) is 6.49. The molecular weight excluding hydrogens is 500 g/mol. The summed E-state index contributed by atoms with van der Waals surface area (Å²) in [7, 11) is 1.34. The van der Waals surface area contributed by atoms with Gasteiger partial charge in [-0.1, -0.05) is 32.4 Å². The third kappa shape index (κ3) is 6.01. The van der Waals surface area contributed by atoms with Crippen LogP contribution in [-0.2, 0) is 25.7 Å². The van der Waals surface area contributed by atoms with Crippen LogP contribution in [0.5, 0.6) is 0 Å². The number of para-hydroxylation sites is 1. The average molecular weight is 532 g/mol. The Labute approximate surface area is 218 Å². The van der Waals surface area contributed by atoms with E-state index in [1.165, 1.54) is 24.9 Å². The number of alkyl carbamates (subject to hydrolysis) is 1. The molecule has 2 aromatic carbocycles. The first-order chi connectivity index (χ1) is 18.0. The Bertz CT molecular complexity index is 1220. The fourth-order valence-electron chi connectivity index (χ4n) is 4.16. The largest absolute Gasteiger partial charge is 0.436 e. The minimum absolute atomic E-state index is 0.000609. The quantitative estimate of drug-likeness (QED) is 0.386. The number of nitrogens with two attached hydrogens (primary N) is 1. The van der Waals surface area contributed by atoms with Crippen LogP contribution in [0.15, 0.2) is 36.4 Å². The van der Waals surface area contributed by atoms with Crippen molar-refractivity contribution in [2.24, 2.45) is 5.92 Å². The van der Waals surface area contributed by atoms with E-state index in [2.05, 4.69) is 16.0 Å². The summed E-state index contributed by atoms with van der Waals surface area (Å²) in [6.07, 6.45) is -1.52. The molecule has 0 fully saturated rings. The maximum Gasteiger partial charge on any atom is 0.407 e. The van der Waals surface area contributed by atoms with Gasteiger partial charge in [0.25, 0.3) is 11.8 Å². The standard InChI is InChI=1S/C26H31F2N5O5/c1-5-13(2)20(31-23(34)14(3)38-26(37)30-4)25(36)33-12-15-9-10-16(29)11-17(15)22(33)24(35)32-21-18(27)7-6-8-19(21)28/h6-11,13-14,20,22H,5,12,29H2,1-4H3,(H,30,37)(H,31,34)(H,32,35)/t13?,14?,20?,22-/m0/s1. The minimum Gasteiger partial charge on any atom is -0.436 e. The summed E-state index contributed by atoms with van der Waals surface area (Å²) in [5, 5.41) is 7.13. The third-order valence-electron chi connectivity index (χ3n) is 6.49. The Morgan fingerprint density at radius 3 is 2.39 bits per heavy atom. The average Bonchev–Trinajstić information content (AvgIpc) is 3.26. The summed E-state index contributed by atoms with van der Waals surface area (Å²) < 4.78 is 33.5. The van der Waals surface area contributed by atoms with Crippen LogP contribution < -0.4 is 21.7 Å². The van der Waals surface area contributed by atoms with Crippen molar-refractivity contribution in [1.82, 2.24) is 15.5 Å². The zero-order valence-corrected chi connectivity index (χ0v) is 21.5. The molecule has 10 nitrogen and oxygen atoms in total. The molecule has 0 radical (unpaired) electrons. The molecule has 0 bridgehead atoms. The molecule has 204 valence electrons. The van der Waals surface area contributed by atoms with Crippen molar-refractivity contribution in [2.45, 2.75) is 51.9 Å². The van der Waals surface area contributed by atoms with Crippen LogP contribution in [0.3, 0.4) is 0 Å². The van der Waals surface area contributed by atoms with Gasteiger partial charge in [-0.25, -0.2) is 13.6 Å². The van der Waals surface area contributed by atoms with Crippen molar-refractivity contribution >= 4 is 35.2 Å². The number of hydrogen-bond donors (Lipinski definition) is 4. The van der Waals surface area contributed by atoms with E-state index in [-0.39, 0.29) is 12.5 Å². The highest BCUT2D eigenvalue weighted by atomic mass is 19.1. The number of ether oxygens (including phenoxy) is 1. The van der Waals surface area contributed by atoms with E-state index in [1.54, 1.807) is 19.1 Å². The monoisotopic (exact) mass is 531 g/mol. The van der Waals surface area contributed by atoms with Gasteiger partial charge in [-0.15, -0.1) is 0 Å². The number of benzene rings is 2. The number of anilines is 2. The Balaban J connectivity index is 1.94. The van der Waals surface area contributed by atoms with E-state index in [0.29, 0.717) is 23.2 Å². The Hall–Kier alpha value is -4.22. The second-order valence-corrected chi connectivity index (χ2v) is 9.08. The highest BCUT2D eigenvalue weighted by Gasteiger charge is 2.43. The highest BCUT2D eigenvalue weighted by Crippen LogP contribution is 2.37. The maximum absolute atomic E-state index is 14.3. The van der Waals surface area contributed by atoms with Gasteiger partial charge in [-0.2, -0.15) is 0 Å². The van der Waals surface area contributed by atoms with Gasteiger partial charge in [0.2, 0.25) is 5.91 Å². The molecule has 0 spiro atoms. The molecule has 0 saturated heterocycles. The second kappa shape index (κ2) is 11.9. The lowest BCUT2D eigenvalue weighted by atomic mass is 9.96. The van der Waals surface area contributed by atoms with Crippen molar-refractivity contribution in [2.75, 3.05) is 18.1 Å². The number of rotatable bonds is 8. The predicted octanol–water partition coefficient (Wildman–Crippen LogP) is 2.84. The minimum atomic E-state index is -1.27. The van der Waals surface area contributed by atoms with E-state index in [0.717, 1.165) is 18.2 Å². The number of amides is 4. The van der Waals surface area contributed by atoms with Gasteiger partial charge in [-0.05, 0) is 48.2 Å². The molecule has 3 rings (SSSR count). The number of carbonyl (C=O) groups is 4. The van der Waals surface area contributed by atoms with E-state index in [4.69, 9.17) is 10.5 Å². The Morgan fingerprint density at radius 1 is 1.13 bits per heavy atom. The number of carbonyl (C=O) groups excluding carboxylic acids is 4. The number of halogens is 2. The first kappa shape index (κ1) is 28.4. The number of fused-ring (bicyclic) bond motifs is 1. The molecule has 1 aliphatic rings. The van der Waals surface area contributed by atoms with Crippen LogP contribution in [0.25, 0.3) is 0 Å². The molecule has 5 N–H and O–H groups in total. The highest BCUT2D eigenvalue weighted by molar-refractivity contribution is 6.00. The topological polar surface area (TPSA) is 143 Å². The number of nitrogens with zero attached hydrogens (tertiary/aromatic N) is 1. The molecule has 38 heavy (non-hydrogen) atoms. The smallest absolute Gasteiger partial charge is 0.407 e. The molecule has 4 atom stereocenters. The summed E-state index contributed by atoms with van der Waals surface area (Å²) in [4.78, 5) is 52.8. The maximum atomic E-state index is 14.3. The Kier molecular flexibility index (Phi) is 8.87. The molecule has 1 heterocycles. The molecule has 2 aromatic rings.